The Morgan fingerprint density at radius 3 is 1.19 bits per heavy atom. The fourth-order valence-electron chi connectivity index (χ4n) is 17.4. The molecule has 0 bridgehead atoms. The van der Waals surface area contributed by atoms with Crippen LogP contribution in [0.15, 0.2) is 140 Å². The summed E-state index contributed by atoms with van der Waals surface area (Å²) >= 11 is -3.12. The predicted octanol–water partition coefficient (Wildman–Crippen LogP) is 29.9. The third kappa shape index (κ3) is 20.4. The van der Waals surface area contributed by atoms with Crippen molar-refractivity contribution >= 4 is 64.4 Å². The van der Waals surface area contributed by atoms with Crippen molar-refractivity contribution in [2.45, 2.75) is 272 Å². The molecule has 4 nitrogen and oxygen atoms in total. The van der Waals surface area contributed by atoms with Gasteiger partial charge in [-0.3, -0.25) is 0 Å². The van der Waals surface area contributed by atoms with Crippen LogP contribution in [0.2, 0.25) is 45.7 Å². The second-order valence-electron chi connectivity index (χ2n) is 40.4. The van der Waals surface area contributed by atoms with E-state index in [2.05, 4.69) is 308 Å². The number of fused-ring (bicyclic) bond motifs is 4. The van der Waals surface area contributed by atoms with Crippen molar-refractivity contribution in [3.05, 3.63) is 215 Å². The Kier molecular flexibility index (Phi) is 27.5. The zero-order valence-electron chi connectivity index (χ0n) is 72.2. The van der Waals surface area contributed by atoms with Crippen LogP contribution in [0.25, 0.3) is 87.6 Å². The molecule has 0 unspecified atom stereocenters. The van der Waals surface area contributed by atoms with Gasteiger partial charge in [0.25, 0.3) is 0 Å². The van der Waals surface area contributed by atoms with Crippen LogP contribution >= 0.6 is 0 Å². The van der Waals surface area contributed by atoms with E-state index in [0.29, 0.717) is 50.9 Å². The Hall–Kier alpha value is -5.75. The second kappa shape index (κ2) is 33.7. The van der Waals surface area contributed by atoms with Crippen LogP contribution in [0.4, 0.5) is 8.78 Å². The molecule has 1 radical (unpaired) electrons. The molecule has 0 aliphatic rings. The maximum absolute atomic E-state index is 16.8. The first-order valence-corrected chi connectivity index (χ1v) is 49.0. The molecule has 0 amide bonds. The van der Waals surface area contributed by atoms with E-state index >= 15 is 8.78 Å². The van der Waals surface area contributed by atoms with E-state index < -0.39 is 21.3 Å². The van der Waals surface area contributed by atoms with E-state index in [1.807, 2.05) is 13.8 Å². The van der Waals surface area contributed by atoms with Crippen LogP contribution in [-0.4, -0.2) is 39.7 Å². The zero-order valence-corrected chi connectivity index (χ0v) is 77.1. The molecule has 0 saturated heterocycles. The second-order valence-corrected chi connectivity index (χ2v) is 58.1. The van der Waals surface area contributed by atoms with Gasteiger partial charge in [0.05, 0.1) is 0 Å². The monoisotopic (exact) mass is 1580 g/mol. The topological polar surface area (TPSA) is 47.9 Å². The van der Waals surface area contributed by atoms with Gasteiger partial charge in [0, 0.05) is 33.9 Å². The third-order valence-corrected chi connectivity index (χ3v) is 39.0. The molecule has 0 heterocycles. The van der Waals surface area contributed by atoms with Gasteiger partial charge in [-0.25, -0.2) is 0 Å². The molecule has 0 saturated carbocycles. The molecule has 0 atom stereocenters. The van der Waals surface area contributed by atoms with Gasteiger partial charge in [-0.05, 0) is 21.8 Å². The SMILES string of the molecule is [CH2-]C[Si](C)(C)C.[CH2-]OCc1c(-c2cc(F)cc(C)c2OC[CH2][Ge]([CH2]COc2c(C)cc(F)cc2-c2cc(C(C)(C)CC(C)(C)C)cc(-c3c4ccccc4cc4ccc(C(C)(C)C)cc34)c2CO)([CH](C)C)[CH](C)C)cc(C(C)(C)CC(C)(C)C)cc1-c1c2ccc(C(C)(C)C)cc2cc2ccc(C(C)(C)C)cc12.[Sc]. The number of halogens is 2. The van der Waals surface area contributed by atoms with Crippen LogP contribution in [0.5, 0.6) is 11.5 Å². The standard InChI is InChI=1S/C95H119F2GeO4.C5H13Si.Sc/c1-58(2)98(59(3)4,37-39-101-87-60(5)41-71(96)52-81(87)77-48-69(94(22,23)56-89(7,8)9)50-79(83(77)54-99)85-73-30-28-27-29-62(73)43-63-31-33-67(46-75(63)85)92(16,17)18)38-40-102-88-61(6)42-72(97)53-82(88)78-49-70(95(24,25)57-90(10,11)12)51-80(84(78)55-100-26)86-74-36-35-66(91(13,14)15)45-65(74)44-64-32-34-68(47-76(64)86)93(19,20)21;1-5-6(2,3)4;/h27-36,41-53,58-59,99H,26,37-40,54-57H2,1-25H3;1,5H2,2-4H3;/q2*-1;. The number of aliphatic hydroxyl groups excluding tert-OH is 1. The Bertz CT molecular complexity index is 4910. The molecule has 9 heteroatoms. The molecule has 1 N–H and O–H groups in total. The molecule has 10 aromatic carbocycles. The molecular formula is C100H132F2GeO4ScSi-2. The van der Waals surface area contributed by atoms with Crippen molar-refractivity contribution in [3.8, 4) is 56.0 Å². The number of ether oxygens (including phenoxy) is 3. The average molecular weight is 1580 g/mol. The summed E-state index contributed by atoms with van der Waals surface area (Å²) in [6, 6.07) is 50.9. The summed E-state index contributed by atoms with van der Waals surface area (Å²) in [7, 11) is 3.31. The van der Waals surface area contributed by atoms with Crippen molar-refractivity contribution in [1.29, 1.82) is 0 Å². The minimum Gasteiger partial charge on any atom is 0 e. The summed E-state index contributed by atoms with van der Waals surface area (Å²) < 4.78 is 54.9. The van der Waals surface area contributed by atoms with Gasteiger partial charge in [-0.15, -0.1) is 0 Å². The first-order valence-electron chi connectivity index (χ1n) is 39.9. The summed E-state index contributed by atoms with van der Waals surface area (Å²) in [5, 5.41) is 22.8. The Balaban J connectivity index is 0.00000205. The summed E-state index contributed by atoms with van der Waals surface area (Å²) in [5.41, 5.74) is 15.2. The van der Waals surface area contributed by atoms with Crippen LogP contribution < -0.4 is 9.47 Å². The first kappa shape index (κ1) is 88.8. The number of aryl methyl sites for hydroxylation is 2. The average Bonchev–Trinajstić information content (AvgIpc) is 0.732. The molecule has 0 spiro atoms. The third-order valence-electron chi connectivity index (χ3n) is 23.1. The molecule has 0 aromatic heterocycles. The van der Waals surface area contributed by atoms with Gasteiger partial charge in [0.15, 0.2) is 0 Å². The summed E-state index contributed by atoms with van der Waals surface area (Å²) in [6.45, 7) is 68.5. The van der Waals surface area contributed by atoms with Gasteiger partial charge >= 0.3 is 517 Å². The number of hydrogen-bond donors (Lipinski definition) is 1. The molecule has 583 valence electrons. The van der Waals surface area contributed by atoms with Crippen LogP contribution in [0.3, 0.4) is 0 Å². The van der Waals surface area contributed by atoms with Crippen molar-refractivity contribution < 1.29 is 53.9 Å². The maximum atomic E-state index is 16.8. The minimum absolute atomic E-state index is 0. The number of aliphatic hydroxyl groups is 1. The molecule has 10 rings (SSSR count). The Morgan fingerprint density at radius 2 is 0.798 bits per heavy atom. The van der Waals surface area contributed by atoms with E-state index in [0.717, 1.165) is 134 Å². The smallest absolute Gasteiger partial charge is 0 e. The van der Waals surface area contributed by atoms with Gasteiger partial charge in [0.2, 0.25) is 0 Å². The minimum atomic E-state index is -3.12. The van der Waals surface area contributed by atoms with Gasteiger partial charge in [0.1, 0.15) is 0 Å². The van der Waals surface area contributed by atoms with Crippen LogP contribution in [0.1, 0.15) is 222 Å². The van der Waals surface area contributed by atoms with Crippen molar-refractivity contribution in [2.75, 3.05) is 13.2 Å². The maximum Gasteiger partial charge on any atom is 0 e. The van der Waals surface area contributed by atoms with Gasteiger partial charge in [-0.2, -0.15) is 6.04 Å². The van der Waals surface area contributed by atoms with Crippen molar-refractivity contribution in [2.24, 2.45) is 10.8 Å². The van der Waals surface area contributed by atoms with Crippen LogP contribution in [-0.2, 0) is 70.9 Å². The molecule has 0 aliphatic heterocycles. The van der Waals surface area contributed by atoms with E-state index in [1.54, 1.807) is 24.3 Å². The summed E-state index contributed by atoms with van der Waals surface area (Å²) in [5.74, 6) is 0.599. The molecule has 0 aliphatic carbocycles. The van der Waals surface area contributed by atoms with Crippen LogP contribution in [0, 0.1) is 50.3 Å². The predicted molar refractivity (Wildman–Crippen MR) is 470 cm³/mol. The number of hydrogen-bond acceptors (Lipinski definition) is 4. The van der Waals surface area contributed by atoms with Crippen molar-refractivity contribution in [1.82, 2.24) is 0 Å². The Labute approximate surface area is 680 Å². The quantitative estimate of drug-likeness (QED) is 0.0417. The largest absolute Gasteiger partial charge is 0 e. The van der Waals surface area contributed by atoms with Crippen molar-refractivity contribution in [3.63, 3.8) is 0 Å². The number of rotatable bonds is 22. The van der Waals surface area contributed by atoms with E-state index in [1.165, 1.54) is 16.7 Å². The molecule has 10 aromatic rings. The Morgan fingerprint density at radius 1 is 0.431 bits per heavy atom. The van der Waals surface area contributed by atoms with E-state index in [4.69, 9.17) is 14.2 Å². The zero-order chi connectivity index (χ0) is 80.1. The molecule has 0 fully saturated rings. The first-order chi connectivity index (χ1) is 49.9. The fourth-order valence-corrected chi connectivity index (χ4v) is 27.6. The van der Waals surface area contributed by atoms with E-state index in [-0.39, 0.29) is 88.6 Å². The summed E-state index contributed by atoms with van der Waals surface area (Å²) in [4.78, 5) is 0. The summed E-state index contributed by atoms with van der Waals surface area (Å²) in [6.07, 6.45) is 1.78. The van der Waals surface area contributed by atoms with E-state index in [9.17, 15) is 5.11 Å². The van der Waals surface area contributed by atoms with Gasteiger partial charge < -0.3 is 6.92 Å². The molecule has 109 heavy (non-hydrogen) atoms. The number of benzene rings is 10. The fraction of sp³-hybridized carbons (Fsp3) is 0.460. The molecular weight excluding hydrogens is 1450 g/mol. The van der Waals surface area contributed by atoms with Gasteiger partial charge in [-0.1, -0.05) is 100 Å². The normalized spacial score (nSPS) is 13.1.